The highest BCUT2D eigenvalue weighted by Gasteiger charge is 2.33. The fraction of sp³-hybridized carbons (Fsp3) is 0.938. The number of rotatable bonds is 3. The van der Waals surface area contributed by atoms with Crippen LogP contribution >= 0.6 is 0 Å². The van der Waals surface area contributed by atoms with Gasteiger partial charge in [-0.1, -0.05) is 6.92 Å². The molecule has 4 nitrogen and oxygen atoms in total. The molecule has 0 spiro atoms. The van der Waals surface area contributed by atoms with Gasteiger partial charge in [0.25, 0.3) is 0 Å². The Balaban J connectivity index is 1.84. The molecule has 1 saturated heterocycles. The Hall–Kier alpha value is -0.610. The summed E-state index contributed by atoms with van der Waals surface area (Å²) in [5.41, 5.74) is 6.05. The molecular formula is C16H31N3O. The average Bonchev–Trinajstić information content (AvgIpc) is 2.43. The predicted molar refractivity (Wildman–Crippen MR) is 82.3 cm³/mol. The van der Waals surface area contributed by atoms with Crippen LogP contribution in [0.4, 0.5) is 0 Å². The van der Waals surface area contributed by atoms with Crippen LogP contribution in [0.1, 0.15) is 39.0 Å². The van der Waals surface area contributed by atoms with Crippen molar-refractivity contribution in [1.82, 2.24) is 9.80 Å². The van der Waals surface area contributed by atoms with Crippen LogP contribution in [-0.2, 0) is 4.79 Å². The van der Waals surface area contributed by atoms with Crippen LogP contribution in [0, 0.1) is 17.8 Å². The summed E-state index contributed by atoms with van der Waals surface area (Å²) in [6.07, 6.45) is 5.47. The van der Waals surface area contributed by atoms with E-state index in [1.165, 1.54) is 12.8 Å². The van der Waals surface area contributed by atoms with Crippen LogP contribution in [0.25, 0.3) is 0 Å². The van der Waals surface area contributed by atoms with Crippen molar-refractivity contribution < 1.29 is 4.79 Å². The Morgan fingerprint density at radius 3 is 2.55 bits per heavy atom. The summed E-state index contributed by atoms with van der Waals surface area (Å²) in [6.45, 7) is 5.46. The van der Waals surface area contributed by atoms with Gasteiger partial charge in [0.1, 0.15) is 0 Å². The van der Waals surface area contributed by atoms with Crippen molar-refractivity contribution in [3.63, 3.8) is 0 Å². The predicted octanol–water partition coefficient (Wildman–Crippen LogP) is 1.55. The number of carbonyl (C=O) groups is 1. The summed E-state index contributed by atoms with van der Waals surface area (Å²) in [7, 11) is 4.16. The first-order valence-corrected chi connectivity index (χ1v) is 8.16. The summed E-state index contributed by atoms with van der Waals surface area (Å²) < 4.78 is 0. The second-order valence-electron chi connectivity index (χ2n) is 7.12. The lowest BCUT2D eigenvalue weighted by Gasteiger charge is -2.36. The van der Waals surface area contributed by atoms with Gasteiger partial charge in [-0.05, 0) is 64.1 Å². The van der Waals surface area contributed by atoms with E-state index in [-0.39, 0.29) is 12.0 Å². The molecule has 4 heteroatoms. The van der Waals surface area contributed by atoms with Gasteiger partial charge in [0.15, 0.2) is 0 Å². The molecule has 1 aliphatic carbocycles. The maximum atomic E-state index is 12.7. The number of piperidine rings is 1. The zero-order valence-electron chi connectivity index (χ0n) is 13.3. The van der Waals surface area contributed by atoms with Crippen molar-refractivity contribution in [2.75, 3.05) is 33.7 Å². The van der Waals surface area contributed by atoms with E-state index in [2.05, 4.69) is 18.9 Å². The van der Waals surface area contributed by atoms with E-state index < -0.39 is 0 Å². The molecule has 2 rings (SSSR count). The number of amides is 1. The van der Waals surface area contributed by atoms with Crippen LogP contribution in [0.5, 0.6) is 0 Å². The highest BCUT2D eigenvalue weighted by Crippen LogP contribution is 2.30. The highest BCUT2D eigenvalue weighted by molar-refractivity contribution is 5.79. The smallest absolute Gasteiger partial charge is 0.225 e. The van der Waals surface area contributed by atoms with Crippen molar-refractivity contribution in [2.24, 2.45) is 23.5 Å². The molecule has 20 heavy (non-hydrogen) atoms. The third-order valence-electron chi connectivity index (χ3n) is 5.30. The zero-order chi connectivity index (χ0) is 14.7. The molecule has 2 aliphatic rings. The van der Waals surface area contributed by atoms with Crippen molar-refractivity contribution in [1.29, 1.82) is 0 Å². The fourth-order valence-corrected chi connectivity index (χ4v) is 3.70. The van der Waals surface area contributed by atoms with Gasteiger partial charge in [-0.2, -0.15) is 0 Å². The summed E-state index contributed by atoms with van der Waals surface area (Å²) in [4.78, 5) is 17.0. The molecule has 1 aliphatic heterocycles. The largest absolute Gasteiger partial charge is 0.345 e. The van der Waals surface area contributed by atoms with Gasteiger partial charge in [0.2, 0.25) is 5.91 Å². The number of nitrogens with two attached hydrogens (primary N) is 1. The Kier molecular flexibility index (Phi) is 5.44. The second-order valence-corrected chi connectivity index (χ2v) is 7.12. The van der Waals surface area contributed by atoms with Gasteiger partial charge in [-0.3, -0.25) is 4.79 Å². The van der Waals surface area contributed by atoms with Crippen LogP contribution in [0.15, 0.2) is 0 Å². The Morgan fingerprint density at radius 2 is 1.90 bits per heavy atom. The quantitative estimate of drug-likeness (QED) is 0.854. The van der Waals surface area contributed by atoms with Crippen LogP contribution < -0.4 is 5.73 Å². The number of hydrogen-bond acceptors (Lipinski definition) is 3. The minimum absolute atomic E-state index is 0.148. The number of carbonyl (C=O) groups excluding carboxylic acids is 1. The van der Waals surface area contributed by atoms with E-state index in [9.17, 15) is 4.79 Å². The minimum atomic E-state index is 0.148. The second kappa shape index (κ2) is 6.90. The maximum Gasteiger partial charge on any atom is 0.225 e. The first kappa shape index (κ1) is 15.8. The van der Waals surface area contributed by atoms with Gasteiger partial charge in [-0.25, -0.2) is 0 Å². The van der Waals surface area contributed by atoms with Gasteiger partial charge in [0, 0.05) is 25.6 Å². The van der Waals surface area contributed by atoms with E-state index >= 15 is 0 Å². The lowest BCUT2D eigenvalue weighted by Crippen LogP contribution is -2.44. The molecular weight excluding hydrogens is 250 g/mol. The Morgan fingerprint density at radius 1 is 1.25 bits per heavy atom. The summed E-state index contributed by atoms with van der Waals surface area (Å²) in [5.74, 6) is 1.64. The molecule has 0 radical (unpaired) electrons. The molecule has 1 amide bonds. The SMILES string of the molecule is CC1CCC(N)CC1C(=O)N(C)CC1CCN(C)CC1. The first-order valence-electron chi connectivity index (χ1n) is 8.16. The molecule has 0 aromatic carbocycles. The lowest BCUT2D eigenvalue weighted by atomic mass is 9.77. The molecule has 2 N–H and O–H groups in total. The molecule has 2 fully saturated rings. The topological polar surface area (TPSA) is 49.6 Å². The van der Waals surface area contributed by atoms with E-state index in [0.717, 1.165) is 38.9 Å². The van der Waals surface area contributed by atoms with E-state index in [0.29, 0.717) is 17.7 Å². The molecule has 0 aromatic rings. The number of likely N-dealkylation sites (tertiary alicyclic amines) is 1. The Labute approximate surface area is 123 Å². The first-order chi connectivity index (χ1) is 9.47. The van der Waals surface area contributed by atoms with Crippen molar-refractivity contribution >= 4 is 5.91 Å². The van der Waals surface area contributed by atoms with E-state index in [1.54, 1.807) is 0 Å². The lowest BCUT2D eigenvalue weighted by molar-refractivity contribution is -0.137. The van der Waals surface area contributed by atoms with E-state index in [1.807, 2.05) is 11.9 Å². The molecule has 0 bridgehead atoms. The van der Waals surface area contributed by atoms with Crippen molar-refractivity contribution in [3.05, 3.63) is 0 Å². The minimum Gasteiger partial charge on any atom is -0.345 e. The third kappa shape index (κ3) is 3.95. The fourth-order valence-electron chi connectivity index (χ4n) is 3.70. The highest BCUT2D eigenvalue weighted by atomic mass is 16.2. The molecule has 1 heterocycles. The number of hydrogen-bond donors (Lipinski definition) is 1. The molecule has 3 unspecified atom stereocenters. The monoisotopic (exact) mass is 281 g/mol. The van der Waals surface area contributed by atoms with Gasteiger partial charge in [0.05, 0.1) is 0 Å². The molecule has 116 valence electrons. The van der Waals surface area contributed by atoms with Gasteiger partial charge in [-0.15, -0.1) is 0 Å². The summed E-state index contributed by atoms with van der Waals surface area (Å²) in [6, 6.07) is 0.219. The zero-order valence-corrected chi connectivity index (χ0v) is 13.3. The van der Waals surface area contributed by atoms with Gasteiger partial charge >= 0.3 is 0 Å². The molecule has 1 saturated carbocycles. The van der Waals surface area contributed by atoms with Gasteiger partial charge < -0.3 is 15.5 Å². The normalized spacial score (nSPS) is 33.1. The van der Waals surface area contributed by atoms with Crippen LogP contribution in [0.2, 0.25) is 0 Å². The Bertz CT molecular complexity index is 326. The van der Waals surface area contributed by atoms with E-state index in [4.69, 9.17) is 5.73 Å². The third-order valence-corrected chi connectivity index (χ3v) is 5.30. The van der Waals surface area contributed by atoms with Crippen molar-refractivity contribution in [2.45, 2.75) is 45.1 Å². The van der Waals surface area contributed by atoms with Crippen molar-refractivity contribution in [3.8, 4) is 0 Å². The van der Waals surface area contributed by atoms with Crippen LogP contribution in [-0.4, -0.2) is 55.5 Å². The average molecular weight is 281 g/mol. The summed E-state index contributed by atoms with van der Waals surface area (Å²) >= 11 is 0. The molecule has 3 atom stereocenters. The molecule has 0 aromatic heterocycles. The summed E-state index contributed by atoms with van der Waals surface area (Å²) in [5, 5.41) is 0. The number of nitrogens with zero attached hydrogens (tertiary/aromatic N) is 2. The maximum absolute atomic E-state index is 12.7. The van der Waals surface area contributed by atoms with Crippen LogP contribution in [0.3, 0.4) is 0 Å². The standard InChI is InChI=1S/C16H31N3O/c1-12-4-5-14(17)10-15(12)16(20)19(3)11-13-6-8-18(2)9-7-13/h12-15H,4-11,17H2,1-3H3.